The van der Waals surface area contributed by atoms with E-state index in [1.54, 1.807) is 34.5 Å². The molecule has 2 aromatic carbocycles. The molecule has 0 bridgehead atoms. The second-order valence-corrected chi connectivity index (χ2v) is 8.99. The van der Waals surface area contributed by atoms with E-state index in [-0.39, 0.29) is 11.5 Å². The number of aromatic nitrogens is 2. The van der Waals surface area contributed by atoms with Crippen molar-refractivity contribution in [3.63, 3.8) is 0 Å². The summed E-state index contributed by atoms with van der Waals surface area (Å²) in [5.41, 5.74) is 5.04. The van der Waals surface area contributed by atoms with Gasteiger partial charge >= 0.3 is 0 Å². The van der Waals surface area contributed by atoms with Gasteiger partial charge in [0.15, 0.2) is 5.16 Å². The lowest BCUT2D eigenvalue weighted by Gasteiger charge is -2.37. The highest BCUT2D eigenvalue weighted by atomic mass is 32.2. The molecule has 0 radical (unpaired) electrons. The van der Waals surface area contributed by atoms with Crippen LogP contribution in [0, 0.1) is 13.8 Å². The molecule has 2 aliphatic rings. The van der Waals surface area contributed by atoms with Gasteiger partial charge in [0.25, 0.3) is 11.5 Å². The van der Waals surface area contributed by atoms with Crippen molar-refractivity contribution in [2.24, 2.45) is 0 Å². The molecule has 3 aromatic rings. The minimum Gasteiger partial charge on any atom is -0.368 e. The third-order valence-electron chi connectivity index (χ3n) is 6.20. The first-order valence-electron chi connectivity index (χ1n) is 10.3. The van der Waals surface area contributed by atoms with Crippen LogP contribution in [0.5, 0.6) is 0 Å². The summed E-state index contributed by atoms with van der Waals surface area (Å²) in [5, 5.41) is 1.33. The largest absolute Gasteiger partial charge is 0.368 e. The van der Waals surface area contributed by atoms with E-state index in [0.717, 1.165) is 24.0 Å². The number of carbonyl (C=O) groups is 1. The van der Waals surface area contributed by atoms with Gasteiger partial charge in [0.1, 0.15) is 0 Å². The summed E-state index contributed by atoms with van der Waals surface area (Å²) < 4.78 is 1.72. The molecule has 0 N–H and O–H groups in total. The molecule has 0 spiro atoms. The lowest BCUT2D eigenvalue weighted by Crippen LogP contribution is -2.49. The minimum atomic E-state index is -0.0128. The number of hydrogen-bond donors (Lipinski definition) is 0. The quantitative estimate of drug-likeness (QED) is 0.597. The third-order valence-corrected chi connectivity index (χ3v) is 7.15. The summed E-state index contributed by atoms with van der Waals surface area (Å²) in [6.45, 7) is 7.97. The van der Waals surface area contributed by atoms with Gasteiger partial charge < -0.3 is 9.80 Å². The average molecular weight is 421 g/mol. The van der Waals surface area contributed by atoms with Gasteiger partial charge in [0, 0.05) is 49.7 Å². The number of thioether (sulfide) groups is 1. The van der Waals surface area contributed by atoms with Gasteiger partial charge in [-0.1, -0.05) is 23.9 Å². The number of piperazine rings is 1. The summed E-state index contributed by atoms with van der Waals surface area (Å²) >= 11 is 1.59. The molecule has 1 amide bonds. The molecule has 7 heteroatoms. The number of rotatable bonds is 2. The van der Waals surface area contributed by atoms with Gasteiger partial charge in [0.05, 0.1) is 10.9 Å². The molecule has 1 aromatic heterocycles. The lowest BCUT2D eigenvalue weighted by atomic mass is 10.1. The van der Waals surface area contributed by atoms with Crippen molar-refractivity contribution in [3.05, 3.63) is 63.4 Å². The summed E-state index contributed by atoms with van der Waals surface area (Å²) in [7, 11) is 0. The van der Waals surface area contributed by atoms with Gasteiger partial charge in [-0.2, -0.15) is 0 Å². The molecule has 1 fully saturated rings. The highest BCUT2D eigenvalue weighted by Crippen LogP contribution is 2.26. The molecule has 3 heterocycles. The van der Waals surface area contributed by atoms with E-state index in [0.29, 0.717) is 36.1 Å². The highest BCUT2D eigenvalue weighted by molar-refractivity contribution is 7.99. The number of nitrogens with zero attached hydrogens (tertiary/aromatic N) is 4. The van der Waals surface area contributed by atoms with Crippen molar-refractivity contribution in [2.75, 3.05) is 36.8 Å². The molecule has 0 saturated carbocycles. The van der Waals surface area contributed by atoms with Crippen LogP contribution in [0.3, 0.4) is 0 Å². The van der Waals surface area contributed by atoms with E-state index >= 15 is 0 Å². The minimum absolute atomic E-state index is 0.00701. The summed E-state index contributed by atoms with van der Waals surface area (Å²) in [5.74, 6) is 0.877. The maximum absolute atomic E-state index is 13.1. The average Bonchev–Trinajstić information content (AvgIpc) is 3.24. The zero-order valence-corrected chi connectivity index (χ0v) is 18.0. The zero-order valence-electron chi connectivity index (χ0n) is 17.2. The van der Waals surface area contributed by atoms with E-state index in [4.69, 9.17) is 0 Å². The Morgan fingerprint density at radius 1 is 1.03 bits per heavy atom. The molecular weight excluding hydrogens is 396 g/mol. The first-order valence-corrected chi connectivity index (χ1v) is 11.3. The topological polar surface area (TPSA) is 58.4 Å². The first kappa shape index (κ1) is 19.2. The van der Waals surface area contributed by atoms with E-state index < -0.39 is 0 Å². The zero-order chi connectivity index (χ0) is 20.8. The predicted octanol–water partition coefficient (Wildman–Crippen LogP) is 3.08. The van der Waals surface area contributed by atoms with Gasteiger partial charge in [-0.05, 0) is 49.2 Å². The monoisotopic (exact) mass is 420 g/mol. The summed E-state index contributed by atoms with van der Waals surface area (Å²) in [4.78, 5) is 34.6. The second-order valence-electron chi connectivity index (χ2n) is 7.93. The fraction of sp³-hybridized carbons (Fsp3) is 0.348. The van der Waals surface area contributed by atoms with Crippen LogP contribution >= 0.6 is 11.8 Å². The SMILES string of the molecule is Cc1cccc(N2CCN(C(=O)c3ccc4c(=O)n5c(nc4c3)SCC5)CC2)c1C. The normalized spacial score (nSPS) is 16.2. The van der Waals surface area contributed by atoms with Crippen LogP contribution in [0.15, 0.2) is 46.3 Å². The van der Waals surface area contributed by atoms with Crippen LogP contribution in [0.2, 0.25) is 0 Å². The van der Waals surface area contributed by atoms with Crippen LogP contribution < -0.4 is 10.5 Å². The smallest absolute Gasteiger partial charge is 0.262 e. The fourth-order valence-corrected chi connectivity index (χ4v) is 5.23. The fourth-order valence-electron chi connectivity index (χ4n) is 4.28. The standard InChI is InChI=1S/C23H24N4O2S/c1-15-4-3-5-20(16(15)2)25-8-10-26(11-9-25)21(28)17-6-7-18-19(14-17)24-23-27(22(18)29)12-13-30-23/h3-7,14H,8-13H2,1-2H3. The van der Waals surface area contributed by atoms with Crippen LogP contribution in [-0.2, 0) is 6.54 Å². The number of hydrogen-bond acceptors (Lipinski definition) is 5. The van der Waals surface area contributed by atoms with E-state index in [2.05, 4.69) is 41.9 Å². The van der Waals surface area contributed by atoms with E-state index in [9.17, 15) is 9.59 Å². The molecule has 6 nitrogen and oxygen atoms in total. The Morgan fingerprint density at radius 3 is 2.63 bits per heavy atom. The second kappa shape index (κ2) is 7.47. The number of amides is 1. The van der Waals surface area contributed by atoms with Crippen molar-refractivity contribution in [3.8, 4) is 0 Å². The number of carbonyl (C=O) groups excluding carboxylic acids is 1. The Morgan fingerprint density at radius 2 is 1.83 bits per heavy atom. The lowest BCUT2D eigenvalue weighted by molar-refractivity contribution is 0.0747. The Labute approximate surface area is 179 Å². The molecule has 1 saturated heterocycles. The van der Waals surface area contributed by atoms with Gasteiger partial charge in [-0.25, -0.2) is 4.98 Å². The Kier molecular flexibility index (Phi) is 4.77. The van der Waals surface area contributed by atoms with E-state index in [1.807, 2.05) is 4.90 Å². The van der Waals surface area contributed by atoms with Crippen LogP contribution in [0.1, 0.15) is 21.5 Å². The predicted molar refractivity (Wildman–Crippen MR) is 121 cm³/mol. The summed E-state index contributed by atoms with van der Waals surface area (Å²) in [6.07, 6.45) is 0. The van der Waals surface area contributed by atoms with Crippen LogP contribution in [-0.4, -0.2) is 52.3 Å². The molecule has 154 valence electrons. The number of aryl methyl sites for hydroxylation is 1. The molecule has 5 rings (SSSR count). The van der Waals surface area contributed by atoms with Crippen molar-refractivity contribution < 1.29 is 4.79 Å². The maximum Gasteiger partial charge on any atom is 0.262 e. The number of anilines is 1. The van der Waals surface area contributed by atoms with Crippen molar-refractivity contribution in [1.29, 1.82) is 0 Å². The maximum atomic E-state index is 13.1. The molecule has 0 unspecified atom stereocenters. The van der Waals surface area contributed by atoms with Crippen LogP contribution in [0.4, 0.5) is 5.69 Å². The van der Waals surface area contributed by atoms with Crippen molar-refractivity contribution >= 4 is 34.3 Å². The highest BCUT2D eigenvalue weighted by Gasteiger charge is 2.24. The van der Waals surface area contributed by atoms with Crippen molar-refractivity contribution in [2.45, 2.75) is 25.5 Å². The van der Waals surface area contributed by atoms with Gasteiger partial charge in [-0.3, -0.25) is 14.2 Å². The molecule has 30 heavy (non-hydrogen) atoms. The third kappa shape index (κ3) is 3.17. The molecular formula is C23H24N4O2S. The first-order chi connectivity index (χ1) is 14.5. The van der Waals surface area contributed by atoms with Crippen molar-refractivity contribution in [1.82, 2.24) is 14.5 Å². The molecule has 0 atom stereocenters. The molecule has 2 aliphatic heterocycles. The Balaban J connectivity index is 1.36. The molecule has 0 aliphatic carbocycles. The number of benzene rings is 2. The Hall–Kier alpha value is -2.80. The van der Waals surface area contributed by atoms with Crippen LogP contribution in [0.25, 0.3) is 10.9 Å². The summed E-state index contributed by atoms with van der Waals surface area (Å²) in [6, 6.07) is 11.7. The number of fused-ring (bicyclic) bond motifs is 2. The van der Waals surface area contributed by atoms with Gasteiger partial charge in [-0.15, -0.1) is 0 Å². The van der Waals surface area contributed by atoms with Gasteiger partial charge in [0.2, 0.25) is 0 Å². The van der Waals surface area contributed by atoms with E-state index in [1.165, 1.54) is 16.8 Å². The Bertz CT molecular complexity index is 1210.